The standard InChI is InChI=1S/C17H23FN4/c1-4-6-7-10-22(3)17(20-5-2)21-13-15-11-14(12-19)8-9-16(15)18/h4,8-9,11H,1,5-7,10,13H2,2-3H3,(H,20,21). The van der Waals surface area contributed by atoms with E-state index in [0.29, 0.717) is 11.1 Å². The van der Waals surface area contributed by atoms with Crippen LogP contribution in [0.5, 0.6) is 0 Å². The summed E-state index contributed by atoms with van der Waals surface area (Å²) in [6.45, 7) is 7.49. The summed E-state index contributed by atoms with van der Waals surface area (Å²) in [5.74, 6) is 0.390. The highest BCUT2D eigenvalue weighted by Crippen LogP contribution is 2.11. The molecule has 0 unspecified atom stereocenters. The normalized spacial score (nSPS) is 10.9. The van der Waals surface area contributed by atoms with Crippen LogP contribution >= 0.6 is 0 Å². The lowest BCUT2D eigenvalue weighted by atomic mass is 10.1. The number of unbranched alkanes of at least 4 members (excludes halogenated alkanes) is 1. The quantitative estimate of drug-likeness (QED) is 0.364. The van der Waals surface area contributed by atoms with Crippen molar-refractivity contribution >= 4 is 5.96 Å². The van der Waals surface area contributed by atoms with Gasteiger partial charge in [-0.25, -0.2) is 9.38 Å². The second-order valence-electron chi connectivity index (χ2n) is 4.94. The second-order valence-corrected chi connectivity index (χ2v) is 4.94. The first-order chi connectivity index (χ1) is 10.6. The van der Waals surface area contributed by atoms with Gasteiger partial charge in [0.15, 0.2) is 5.96 Å². The summed E-state index contributed by atoms with van der Waals surface area (Å²) in [5, 5.41) is 12.1. The van der Waals surface area contributed by atoms with Gasteiger partial charge in [-0.15, -0.1) is 6.58 Å². The summed E-state index contributed by atoms with van der Waals surface area (Å²) >= 11 is 0. The van der Waals surface area contributed by atoms with E-state index in [1.54, 1.807) is 6.07 Å². The average molecular weight is 302 g/mol. The van der Waals surface area contributed by atoms with Crippen LogP contribution in [0.2, 0.25) is 0 Å². The molecule has 1 aromatic rings. The minimum absolute atomic E-state index is 0.204. The minimum Gasteiger partial charge on any atom is -0.357 e. The maximum atomic E-state index is 13.8. The third-order valence-electron chi connectivity index (χ3n) is 3.17. The van der Waals surface area contributed by atoms with Gasteiger partial charge in [-0.2, -0.15) is 5.26 Å². The number of aliphatic imine (C=N–C) groups is 1. The summed E-state index contributed by atoms with van der Waals surface area (Å²) in [6.07, 6.45) is 3.83. The fraction of sp³-hybridized carbons (Fsp3) is 0.412. The summed E-state index contributed by atoms with van der Waals surface area (Å²) in [6, 6.07) is 6.33. The molecule has 0 aliphatic heterocycles. The smallest absolute Gasteiger partial charge is 0.193 e. The van der Waals surface area contributed by atoms with Crippen LogP contribution in [0.4, 0.5) is 4.39 Å². The van der Waals surface area contributed by atoms with E-state index in [1.165, 1.54) is 12.1 Å². The van der Waals surface area contributed by atoms with Gasteiger partial charge in [-0.3, -0.25) is 0 Å². The Bertz CT molecular complexity index is 560. The molecule has 0 bridgehead atoms. The highest BCUT2D eigenvalue weighted by molar-refractivity contribution is 5.79. The number of hydrogen-bond donors (Lipinski definition) is 1. The Kier molecular flexibility index (Phi) is 7.69. The van der Waals surface area contributed by atoms with Gasteiger partial charge in [0.2, 0.25) is 0 Å². The molecular weight excluding hydrogens is 279 g/mol. The number of nitrogens with one attached hydrogen (secondary N) is 1. The third-order valence-corrected chi connectivity index (χ3v) is 3.17. The zero-order valence-electron chi connectivity index (χ0n) is 13.3. The number of rotatable bonds is 7. The molecule has 118 valence electrons. The Balaban J connectivity index is 2.81. The summed E-state index contributed by atoms with van der Waals surface area (Å²) in [4.78, 5) is 6.47. The first-order valence-corrected chi connectivity index (χ1v) is 7.41. The maximum absolute atomic E-state index is 13.8. The SMILES string of the molecule is C=CCCCN(C)C(=NCc1cc(C#N)ccc1F)NCC. The molecule has 0 amide bonds. The van der Waals surface area contributed by atoms with E-state index in [-0.39, 0.29) is 12.4 Å². The van der Waals surface area contributed by atoms with Gasteiger partial charge in [0.05, 0.1) is 18.2 Å². The second kappa shape index (κ2) is 9.56. The molecule has 4 nitrogen and oxygen atoms in total. The Morgan fingerprint density at radius 2 is 2.32 bits per heavy atom. The van der Waals surface area contributed by atoms with E-state index < -0.39 is 0 Å². The average Bonchev–Trinajstić information content (AvgIpc) is 2.52. The molecule has 0 aliphatic carbocycles. The van der Waals surface area contributed by atoms with Gasteiger partial charge in [0, 0.05) is 25.7 Å². The van der Waals surface area contributed by atoms with E-state index in [2.05, 4.69) is 16.9 Å². The number of allylic oxidation sites excluding steroid dienone is 1. The van der Waals surface area contributed by atoms with Crippen molar-refractivity contribution in [2.24, 2.45) is 4.99 Å². The van der Waals surface area contributed by atoms with Crippen LogP contribution in [0.1, 0.15) is 30.9 Å². The van der Waals surface area contributed by atoms with E-state index in [9.17, 15) is 4.39 Å². The lowest BCUT2D eigenvalue weighted by Crippen LogP contribution is -2.39. The van der Waals surface area contributed by atoms with Gasteiger partial charge >= 0.3 is 0 Å². The molecular formula is C17H23FN4. The van der Waals surface area contributed by atoms with Crippen molar-refractivity contribution in [3.05, 3.63) is 47.8 Å². The van der Waals surface area contributed by atoms with Gasteiger partial charge < -0.3 is 10.2 Å². The molecule has 0 radical (unpaired) electrons. The van der Waals surface area contributed by atoms with Crippen molar-refractivity contribution in [1.29, 1.82) is 5.26 Å². The van der Waals surface area contributed by atoms with Crippen molar-refractivity contribution in [3.63, 3.8) is 0 Å². The zero-order valence-corrected chi connectivity index (χ0v) is 13.3. The molecule has 1 N–H and O–H groups in total. The van der Waals surface area contributed by atoms with Crippen molar-refractivity contribution in [3.8, 4) is 6.07 Å². The fourth-order valence-electron chi connectivity index (χ4n) is 1.97. The zero-order chi connectivity index (χ0) is 16.4. The van der Waals surface area contributed by atoms with Crippen LogP contribution in [-0.4, -0.2) is 31.0 Å². The van der Waals surface area contributed by atoms with Crippen molar-refractivity contribution < 1.29 is 4.39 Å². The topological polar surface area (TPSA) is 51.4 Å². The maximum Gasteiger partial charge on any atom is 0.193 e. The Hall–Kier alpha value is -2.35. The number of halogens is 1. The first-order valence-electron chi connectivity index (χ1n) is 7.41. The van der Waals surface area contributed by atoms with E-state index in [0.717, 1.165) is 31.9 Å². The summed E-state index contributed by atoms with van der Waals surface area (Å²) in [5.41, 5.74) is 0.866. The van der Waals surface area contributed by atoms with E-state index >= 15 is 0 Å². The van der Waals surface area contributed by atoms with Crippen molar-refractivity contribution in [2.75, 3.05) is 20.1 Å². The molecule has 0 saturated heterocycles. The number of guanidine groups is 1. The number of benzene rings is 1. The van der Waals surface area contributed by atoms with E-state index in [1.807, 2.05) is 31.0 Å². The van der Waals surface area contributed by atoms with Gasteiger partial charge in [-0.05, 0) is 38.0 Å². The Morgan fingerprint density at radius 3 is 2.95 bits per heavy atom. The van der Waals surface area contributed by atoms with E-state index in [4.69, 9.17) is 5.26 Å². The third kappa shape index (κ3) is 5.57. The predicted octanol–water partition coefficient (Wildman–Crippen LogP) is 3.06. The van der Waals surface area contributed by atoms with Crippen LogP contribution in [0, 0.1) is 17.1 Å². The predicted molar refractivity (Wildman–Crippen MR) is 88.0 cm³/mol. The largest absolute Gasteiger partial charge is 0.357 e. The minimum atomic E-state index is -0.340. The van der Waals surface area contributed by atoms with Crippen LogP contribution < -0.4 is 5.32 Å². The lowest BCUT2D eigenvalue weighted by Gasteiger charge is -2.21. The Morgan fingerprint density at radius 1 is 1.55 bits per heavy atom. The molecule has 0 aliphatic rings. The summed E-state index contributed by atoms with van der Waals surface area (Å²) in [7, 11) is 1.95. The number of nitrogens with zero attached hydrogens (tertiary/aromatic N) is 3. The van der Waals surface area contributed by atoms with Crippen LogP contribution in [0.15, 0.2) is 35.8 Å². The van der Waals surface area contributed by atoms with Gasteiger partial charge in [0.1, 0.15) is 5.82 Å². The fourth-order valence-corrected chi connectivity index (χ4v) is 1.97. The molecule has 22 heavy (non-hydrogen) atoms. The molecule has 5 heteroatoms. The molecule has 1 aromatic carbocycles. The first kappa shape index (κ1) is 17.7. The molecule has 0 spiro atoms. The molecule has 0 aromatic heterocycles. The number of hydrogen-bond acceptors (Lipinski definition) is 2. The monoisotopic (exact) mass is 302 g/mol. The van der Waals surface area contributed by atoms with Crippen molar-refractivity contribution in [1.82, 2.24) is 10.2 Å². The van der Waals surface area contributed by atoms with Gasteiger partial charge in [-0.1, -0.05) is 6.08 Å². The highest BCUT2D eigenvalue weighted by atomic mass is 19.1. The van der Waals surface area contributed by atoms with Crippen LogP contribution in [0.25, 0.3) is 0 Å². The number of nitriles is 1. The lowest BCUT2D eigenvalue weighted by molar-refractivity contribution is 0.469. The molecule has 0 fully saturated rings. The Labute approximate surface area is 132 Å². The highest BCUT2D eigenvalue weighted by Gasteiger charge is 2.07. The molecule has 0 saturated carbocycles. The molecule has 0 heterocycles. The van der Waals surface area contributed by atoms with Crippen LogP contribution in [-0.2, 0) is 6.54 Å². The molecule has 0 atom stereocenters. The van der Waals surface area contributed by atoms with Gasteiger partial charge in [0.25, 0.3) is 0 Å². The van der Waals surface area contributed by atoms with Crippen LogP contribution in [0.3, 0.4) is 0 Å². The summed E-state index contributed by atoms with van der Waals surface area (Å²) < 4.78 is 13.8. The van der Waals surface area contributed by atoms with Crippen molar-refractivity contribution in [2.45, 2.75) is 26.3 Å². The molecule has 1 rings (SSSR count).